The maximum absolute atomic E-state index is 11.3. The number of hydrogen-bond acceptors (Lipinski definition) is 3. The number of likely N-dealkylation sites (N-methyl/N-ethyl adjacent to an activating group) is 1. The zero-order chi connectivity index (χ0) is 12.1. The molecular weight excluding hydrogens is 202 g/mol. The van der Waals surface area contributed by atoms with Gasteiger partial charge in [-0.2, -0.15) is 0 Å². The molecule has 3 nitrogen and oxygen atoms in total. The number of esters is 1. The number of rotatable bonds is 4. The second-order valence-corrected chi connectivity index (χ2v) is 5.21. The Hall–Kier alpha value is -0.570. The maximum atomic E-state index is 11.3. The van der Waals surface area contributed by atoms with Crippen molar-refractivity contribution in [3.63, 3.8) is 0 Å². The summed E-state index contributed by atoms with van der Waals surface area (Å²) in [6, 6.07) is 0.558. The lowest BCUT2D eigenvalue weighted by Gasteiger charge is -2.38. The molecule has 0 aromatic rings. The van der Waals surface area contributed by atoms with E-state index in [1.165, 1.54) is 26.4 Å². The zero-order valence-corrected chi connectivity index (χ0v) is 11.0. The highest BCUT2D eigenvalue weighted by molar-refractivity contribution is 5.71. The van der Waals surface area contributed by atoms with Crippen LogP contribution in [0.25, 0.3) is 0 Å². The van der Waals surface area contributed by atoms with E-state index in [-0.39, 0.29) is 5.97 Å². The SMILES string of the molecule is CCN(CC(=O)OC)C1CC(C)CC(C)C1. The number of ether oxygens (including phenoxy) is 1. The molecule has 0 amide bonds. The van der Waals surface area contributed by atoms with Crippen molar-refractivity contribution in [1.29, 1.82) is 0 Å². The molecule has 1 rings (SSSR count). The minimum absolute atomic E-state index is 0.118. The van der Waals surface area contributed by atoms with Gasteiger partial charge in [0, 0.05) is 6.04 Å². The fourth-order valence-corrected chi connectivity index (χ4v) is 2.93. The van der Waals surface area contributed by atoms with Crippen LogP contribution in [-0.2, 0) is 9.53 Å². The van der Waals surface area contributed by atoms with E-state index in [1.54, 1.807) is 0 Å². The van der Waals surface area contributed by atoms with Crippen LogP contribution in [0.4, 0.5) is 0 Å². The lowest BCUT2D eigenvalue weighted by molar-refractivity contribution is -0.142. The van der Waals surface area contributed by atoms with Crippen LogP contribution in [0.5, 0.6) is 0 Å². The molecule has 0 spiro atoms. The number of carbonyl (C=O) groups is 1. The van der Waals surface area contributed by atoms with Gasteiger partial charge in [0.05, 0.1) is 13.7 Å². The Morgan fingerprint density at radius 2 is 1.81 bits per heavy atom. The minimum atomic E-state index is -0.118. The van der Waals surface area contributed by atoms with Crippen LogP contribution in [0.2, 0.25) is 0 Å². The first-order chi connectivity index (χ1) is 7.56. The Balaban J connectivity index is 2.54. The van der Waals surface area contributed by atoms with E-state index in [9.17, 15) is 4.79 Å². The summed E-state index contributed by atoms with van der Waals surface area (Å²) in [4.78, 5) is 13.6. The molecule has 94 valence electrons. The molecule has 0 N–H and O–H groups in total. The van der Waals surface area contributed by atoms with Crippen molar-refractivity contribution >= 4 is 5.97 Å². The normalized spacial score (nSPS) is 30.4. The Bertz CT molecular complexity index is 220. The van der Waals surface area contributed by atoms with E-state index >= 15 is 0 Å². The first-order valence-corrected chi connectivity index (χ1v) is 6.37. The quantitative estimate of drug-likeness (QED) is 0.690. The van der Waals surface area contributed by atoms with Gasteiger partial charge in [0.25, 0.3) is 0 Å². The first kappa shape index (κ1) is 13.5. The third-order valence-corrected chi connectivity index (χ3v) is 3.64. The van der Waals surface area contributed by atoms with E-state index in [1.807, 2.05) is 0 Å². The molecule has 1 fully saturated rings. The standard InChI is InChI=1S/C13H25NO2/c1-5-14(9-13(15)16-4)12-7-10(2)6-11(3)8-12/h10-12H,5-9H2,1-4H3. The molecule has 2 atom stereocenters. The van der Waals surface area contributed by atoms with Crippen molar-refractivity contribution in [2.75, 3.05) is 20.2 Å². The smallest absolute Gasteiger partial charge is 0.319 e. The zero-order valence-electron chi connectivity index (χ0n) is 11.0. The molecule has 0 bridgehead atoms. The number of carbonyl (C=O) groups excluding carboxylic acids is 1. The Morgan fingerprint density at radius 3 is 2.25 bits per heavy atom. The summed E-state index contributed by atoms with van der Waals surface area (Å²) >= 11 is 0. The topological polar surface area (TPSA) is 29.5 Å². The van der Waals surface area contributed by atoms with E-state index in [4.69, 9.17) is 4.74 Å². The third kappa shape index (κ3) is 3.78. The molecule has 16 heavy (non-hydrogen) atoms. The monoisotopic (exact) mass is 227 g/mol. The van der Waals surface area contributed by atoms with Crippen molar-refractivity contribution in [2.45, 2.75) is 46.1 Å². The highest BCUT2D eigenvalue weighted by Gasteiger charge is 2.28. The van der Waals surface area contributed by atoms with Crippen molar-refractivity contribution in [3.05, 3.63) is 0 Å². The van der Waals surface area contributed by atoms with Crippen LogP contribution in [-0.4, -0.2) is 37.1 Å². The summed E-state index contributed by atoms with van der Waals surface area (Å²) in [5.41, 5.74) is 0. The van der Waals surface area contributed by atoms with Gasteiger partial charge >= 0.3 is 5.97 Å². The summed E-state index contributed by atoms with van der Waals surface area (Å²) in [5.74, 6) is 1.44. The molecule has 0 aromatic heterocycles. The van der Waals surface area contributed by atoms with Gasteiger partial charge in [-0.15, -0.1) is 0 Å². The molecule has 0 saturated heterocycles. The molecule has 1 aliphatic rings. The fraction of sp³-hybridized carbons (Fsp3) is 0.923. The van der Waals surface area contributed by atoms with Crippen LogP contribution in [0, 0.1) is 11.8 Å². The Morgan fingerprint density at radius 1 is 1.25 bits per heavy atom. The second-order valence-electron chi connectivity index (χ2n) is 5.21. The van der Waals surface area contributed by atoms with Crippen molar-refractivity contribution in [3.8, 4) is 0 Å². The van der Waals surface area contributed by atoms with Crippen molar-refractivity contribution in [2.24, 2.45) is 11.8 Å². The predicted octanol–water partition coefficient (Wildman–Crippen LogP) is 2.31. The Labute approximate surface area is 99.1 Å². The van der Waals surface area contributed by atoms with Crippen LogP contribution in [0.3, 0.4) is 0 Å². The molecule has 0 radical (unpaired) electrons. The van der Waals surface area contributed by atoms with Crippen molar-refractivity contribution < 1.29 is 9.53 Å². The van der Waals surface area contributed by atoms with E-state index < -0.39 is 0 Å². The van der Waals surface area contributed by atoms with Gasteiger partial charge in [-0.05, 0) is 37.6 Å². The lowest BCUT2D eigenvalue weighted by atomic mass is 9.80. The summed E-state index contributed by atoms with van der Waals surface area (Å²) in [6.07, 6.45) is 3.76. The number of hydrogen-bond donors (Lipinski definition) is 0. The highest BCUT2D eigenvalue weighted by Crippen LogP contribution is 2.31. The van der Waals surface area contributed by atoms with Crippen LogP contribution >= 0.6 is 0 Å². The molecule has 0 aromatic carbocycles. The number of methoxy groups -OCH3 is 1. The largest absolute Gasteiger partial charge is 0.468 e. The van der Waals surface area contributed by atoms with Gasteiger partial charge in [-0.1, -0.05) is 20.8 Å². The molecule has 0 aliphatic heterocycles. The average Bonchev–Trinajstić information content (AvgIpc) is 2.24. The lowest BCUT2D eigenvalue weighted by Crippen LogP contribution is -2.43. The molecule has 1 aliphatic carbocycles. The van der Waals surface area contributed by atoms with E-state index in [0.29, 0.717) is 12.6 Å². The highest BCUT2D eigenvalue weighted by atomic mass is 16.5. The van der Waals surface area contributed by atoms with Gasteiger partial charge < -0.3 is 4.74 Å². The first-order valence-electron chi connectivity index (χ1n) is 6.37. The molecule has 3 heteroatoms. The number of nitrogens with zero attached hydrogens (tertiary/aromatic N) is 1. The van der Waals surface area contributed by atoms with Gasteiger partial charge in [-0.3, -0.25) is 9.69 Å². The Kier molecular flexibility index (Phi) is 5.26. The third-order valence-electron chi connectivity index (χ3n) is 3.64. The maximum Gasteiger partial charge on any atom is 0.319 e. The molecule has 2 unspecified atom stereocenters. The van der Waals surface area contributed by atoms with Gasteiger partial charge in [0.15, 0.2) is 0 Å². The van der Waals surface area contributed by atoms with E-state index in [0.717, 1.165) is 18.4 Å². The summed E-state index contributed by atoms with van der Waals surface area (Å²) in [5, 5.41) is 0. The summed E-state index contributed by atoms with van der Waals surface area (Å²) in [7, 11) is 1.46. The van der Waals surface area contributed by atoms with Gasteiger partial charge in [0.1, 0.15) is 0 Å². The molecular formula is C13H25NO2. The van der Waals surface area contributed by atoms with Crippen LogP contribution < -0.4 is 0 Å². The van der Waals surface area contributed by atoms with E-state index in [2.05, 4.69) is 25.7 Å². The van der Waals surface area contributed by atoms with Gasteiger partial charge in [-0.25, -0.2) is 0 Å². The average molecular weight is 227 g/mol. The van der Waals surface area contributed by atoms with Crippen molar-refractivity contribution in [1.82, 2.24) is 4.90 Å². The minimum Gasteiger partial charge on any atom is -0.468 e. The molecule has 0 heterocycles. The predicted molar refractivity (Wildman–Crippen MR) is 65.2 cm³/mol. The fourth-order valence-electron chi connectivity index (χ4n) is 2.93. The van der Waals surface area contributed by atoms with Gasteiger partial charge in [0.2, 0.25) is 0 Å². The second kappa shape index (κ2) is 6.24. The summed E-state index contributed by atoms with van der Waals surface area (Å²) in [6.45, 7) is 8.12. The van der Waals surface area contributed by atoms with Crippen LogP contribution in [0.15, 0.2) is 0 Å². The molecule has 1 saturated carbocycles. The van der Waals surface area contributed by atoms with Crippen LogP contribution in [0.1, 0.15) is 40.0 Å². The summed E-state index contributed by atoms with van der Waals surface area (Å²) < 4.78 is 4.75.